The summed E-state index contributed by atoms with van der Waals surface area (Å²) in [4.78, 5) is 20.9. The minimum Gasteiger partial charge on any atom is -0.493 e. The second kappa shape index (κ2) is 10.4. The molecule has 0 radical (unpaired) electrons. The van der Waals surface area contributed by atoms with Crippen LogP contribution in [0.15, 0.2) is 106 Å². The number of aryl methyl sites for hydroxylation is 1. The molecule has 198 valence electrons. The fourth-order valence-electron chi connectivity index (χ4n) is 5.50. The SMILES string of the molecule is COc1cc(/C=c2/sc3n(c2=O)[C@H](c2cccs2)C2=C(N=3)c3ccccc3CC2)ccc1OCc1ccccc1. The molecule has 3 heterocycles. The summed E-state index contributed by atoms with van der Waals surface area (Å²) in [6.45, 7) is 0.450. The van der Waals surface area contributed by atoms with Gasteiger partial charge in [-0.05, 0) is 64.8 Å². The lowest BCUT2D eigenvalue weighted by molar-refractivity contribution is 0.284. The Balaban J connectivity index is 1.30. The van der Waals surface area contributed by atoms with Gasteiger partial charge in [0.05, 0.1) is 23.4 Å². The quantitative estimate of drug-likeness (QED) is 0.256. The molecule has 40 heavy (non-hydrogen) atoms. The average Bonchev–Trinajstić information content (AvgIpc) is 3.64. The molecule has 1 aliphatic carbocycles. The minimum atomic E-state index is -0.134. The number of hydrogen-bond donors (Lipinski definition) is 0. The molecule has 3 aromatic carbocycles. The van der Waals surface area contributed by atoms with Gasteiger partial charge in [0, 0.05) is 10.4 Å². The molecule has 0 bridgehead atoms. The van der Waals surface area contributed by atoms with E-state index in [1.54, 1.807) is 18.4 Å². The van der Waals surface area contributed by atoms with Gasteiger partial charge in [-0.25, -0.2) is 4.99 Å². The molecule has 0 saturated heterocycles. The monoisotopic (exact) mass is 562 g/mol. The molecule has 1 aliphatic heterocycles. The predicted octanol–water partition coefficient (Wildman–Crippen LogP) is 5.97. The number of hydrogen-bond acceptors (Lipinski definition) is 6. The topological polar surface area (TPSA) is 52.8 Å². The van der Waals surface area contributed by atoms with Gasteiger partial charge < -0.3 is 9.47 Å². The molecule has 2 aromatic heterocycles. The van der Waals surface area contributed by atoms with Crippen molar-refractivity contribution in [3.8, 4) is 11.5 Å². The van der Waals surface area contributed by atoms with E-state index in [1.807, 2.05) is 59.2 Å². The van der Waals surface area contributed by atoms with Crippen LogP contribution in [0.5, 0.6) is 11.5 Å². The van der Waals surface area contributed by atoms with Crippen molar-refractivity contribution in [2.45, 2.75) is 25.5 Å². The number of thiophene rings is 1. The van der Waals surface area contributed by atoms with Gasteiger partial charge in [0.1, 0.15) is 6.61 Å². The molecular weight excluding hydrogens is 537 g/mol. The van der Waals surface area contributed by atoms with Crippen LogP contribution in [-0.4, -0.2) is 11.7 Å². The zero-order valence-corrected chi connectivity index (χ0v) is 23.5. The normalized spacial score (nSPS) is 16.1. The maximum absolute atomic E-state index is 13.9. The highest BCUT2D eigenvalue weighted by molar-refractivity contribution is 7.10. The second-order valence-corrected chi connectivity index (χ2v) is 11.8. The fraction of sp³-hybridized carbons (Fsp3) is 0.152. The highest BCUT2D eigenvalue weighted by Crippen LogP contribution is 2.42. The summed E-state index contributed by atoms with van der Waals surface area (Å²) in [5.74, 6) is 1.29. The van der Waals surface area contributed by atoms with Crippen LogP contribution in [-0.2, 0) is 13.0 Å². The third-order valence-corrected chi connectivity index (χ3v) is 9.32. The van der Waals surface area contributed by atoms with Gasteiger partial charge in [0.15, 0.2) is 16.3 Å². The lowest BCUT2D eigenvalue weighted by Gasteiger charge is -2.30. The summed E-state index contributed by atoms with van der Waals surface area (Å²) in [5.41, 5.74) is 6.68. The Morgan fingerprint density at radius 3 is 2.65 bits per heavy atom. The number of nitrogens with zero attached hydrogens (tertiary/aromatic N) is 2. The number of fused-ring (bicyclic) bond motifs is 3. The van der Waals surface area contributed by atoms with E-state index in [0.717, 1.165) is 39.3 Å². The standard InChI is InChI=1S/C33H26N2O3S2/c1-37-27-18-22(13-16-26(27)38-20-21-8-3-2-4-9-21)19-29-32(36)35-31(28-12-7-17-39-28)25-15-14-23-10-5-6-11-24(23)30(25)34-33(35)40-29/h2-13,16-19,31H,14-15,20H2,1H3/b29-19+/t31-/m0/s1. The number of ether oxygens (including phenoxy) is 2. The van der Waals surface area contributed by atoms with Crippen molar-refractivity contribution >= 4 is 34.4 Å². The van der Waals surface area contributed by atoms with Crippen LogP contribution >= 0.6 is 22.7 Å². The van der Waals surface area contributed by atoms with E-state index in [0.29, 0.717) is 22.6 Å². The molecule has 0 amide bonds. The van der Waals surface area contributed by atoms with E-state index >= 15 is 0 Å². The molecule has 7 rings (SSSR count). The Hall–Kier alpha value is -4.20. The first-order valence-corrected chi connectivity index (χ1v) is 14.9. The third kappa shape index (κ3) is 4.41. The van der Waals surface area contributed by atoms with Crippen LogP contribution in [0.1, 0.15) is 39.6 Å². The molecule has 0 N–H and O–H groups in total. The average molecular weight is 563 g/mol. The van der Waals surface area contributed by atoms with Crippen LogP contribution in [0.25, 0.3) is 11.8 Å². The van der Waals surface area contributed by atoms with Crippen molar-refractivity contribution in [3.63, 3.8) is 0 Å². The maximum Gasteiger partial charge on any atom is 0.271 e. The van der Waals surface area contributed by atoms with E-state index in [-0.39, 0.29) is 11.6 Å². The number of allylic oxidation sites excluding steroid dienone is 1. The molecule has 7 heteroatoms. The fourth-order valence-corrected chi connectivity index (χ4v) is 7.35. The van der Waals surface area contributed by atoms with E-state index in [1.165, 1.54) is 28.0 Å². The second-order valence-electron chi connectivity index (χ2n) is 9.81. The van der Waals surface area contributed by atoms with Crippen LogP contribution in [0.2, 0.25) is 0 Å². The third-order valence-electron chi connectivity index (χ3n) is 7.41. The van der Waals surface area contributed by atoms with E-state index < -0.39 is 0 Å². The predicted molar refractivity (Wildman–Crippen MR) is 161 cm³/mol. The molecule has 1 atom stereocenters. The van der Waals surface area contributed by atoms with Gasteiger partial charge in [-0.3, -0.25) is 9.36 Å². The number of benzene rings is 3. The number of aromatic nitrogens is 1. The molecule has 0 saturated carbocycles. The molecular formula is C33H26N2O3S2. The van der Waals surface area contributed by atoms with Crippen molar-refractivity contribution in [3.05, 3.63) is 143 Å². The van der Waals surface area contributed by atoms with Crippen molar-refractivity contribution < 1.29 is 9.47 Å². The van der Waals surface area contributed by atoms with E-state index in [9.17, 15) is 4.79 Å². The van der Waals surface area contributed by atoms with Gasteiger partial charge in [-0.15, -0.1) is 11.3 Å². The minimum absolute atomic E-state index is 0.0177. The van der Waals surface area contributed by atoms with Gasteiger partial charge in [-0.2, -0.15) is 0 Å². The molecule has 5 aromatic rings. The number of thiazole rings is 1. The smallest absolute Gasteiger partial charge is 0.271 e. The van der Waals surface area contributed by atoms with Crippen LogP contribution in [0, 0.1) is 0 Å². The largest absolute Gasteiger partial charge is 0.493 e. The lowest BCUT2D eigenvalue weighted by Crippen LogP contribution is -2.38. The van der Waals surface area contributed by atoms with Crippen LogP contribution in [0.4, 0.5) is 0 Å². The summed E-state index contributed by atoms with van der Waals surface area (Å²) >= 11 is 3.13. The summed E-state index contributed by atoms with van der Waals surface area (Å²) in [7, 11) is 1.63. The highest BCUT2D eigenvalue weighted by atomic mass is 32.1. The lowest BCUT2D eigenvalue weighted by atomic mass is 9.85. The van der Waals surface area contributed by atoms with Crippen LogP contribution < -0.4 is 24.4 Å². The Labute approximate surface area is 239 Å². The summed E-state index contributed by atoms with van der Waals surface area (Å²) in [6.07, 6.45) is 3.77. The summed E-state index contributed by atoms with van der Waals surface area (Å²) in [5, 5.41) is 2.08. The van der Waals surface area contributed by atoms with Gasteiger partial charge in [0.2, 0.25) is 0 Å². The molecule has 5 nitrogen and oxygen atoms in total. The van der Waals surface area contributed by atoms with Crippen molar-refractivity contribution in [2.24, 2.45) is 4.99 Å². The van der Waals surface area contributed by atoms with Gasteiger partial charge in [-0.1, -0.05) is 78.1 Å². The Bertz CT molecular complexity index is 1920. The molecule has 0 unspecified atom stereocenters. The van der Waals surface area contributed by atoms with Crippen molar-refractivity contribution in [1.82, 2.24) is 4.57 Å². The van der Waals surface area contributed by atoms with Crippen LogP contribution in [0.3, 0.4) is 0 Å². The zero-order chi connectivity index (χ0) is 27.1. The molecule has 0 fully saturated rings. The first-order chi connectivity index (χ1) is 19.7. The Kier molecular flexibility index (Phi) is 6.46. The molecule has 2 aliphatic rings. The van der Waals surface area contributed by atoms with Gasteiger partial charge >= 0.3 is 0 Å². The van der Waals surface area contributed by atoms with E-state index in [2.05, 4.69) is 41.8 Å². The van der Waals surface area contributed by atoms with Gasteiger partial charge in [0.25, 0.3) is 5.56 Å². The van der Waals surface area contributed by atoms with Crippen molar-refractivity contribution in [2.75, 3.05) is 7.11 Å². The zero-order valence-electron chi connectivity index (χ0n) is 21.9. The summed E-state index contributed by atoms with van der Waals surface area (Å²) < 4.78 is 14.2. The Morgan fingerprint density at radius 2 is 1.82 bits per heavy atom. The number of methoxy groups -OCH3 is 1. The molecule has 0 spiro atoms. The highest BCUT2D eigenvalue weighted by Gasteiger charge is 2.33. The van der Waals surface area contributed by atoms with E-state index in [4.69, 9.17) is 14.5 Å². The Morgan fingerprint density at radius 1 is 0.975 bits per heavy atom. The first-order valence-electron chi connectivity index (χ1n) is 13.2. The van der Waals surface area contributed by atoms with Crippen molar-refractivity contribution in [1.29, 1.82) is 0 Å². The summed E-state index contributed by atoms with van der Waals surface area (Å²) in [6, 6.07) is 28.3. The first kappa shape index (κ1) is 24.8. The maximum atomic E-state index is 13.9. The number of rotatable bonds is 6.